The number of alkyl halides is 3. The molecule has 1 N–H and O–H groups in total. The van der Waals surface area contributed by atoms with E-state index in [2.05, 4.69) is 5.32 Å². The molecule has 142 valence electrons. The maximum Gasteiger partial charge on any atom is 0.416 e. The van der Waals surface area contributed by atoms with Crippen molar-refractivity contribution in [2.75, 3.05) is 19.4 Å². The lowest BCUT2D eigenvalue weighted by Crippen LogP contribution is -2.24. The molecule has 0 spiro atoms. The van der Waals surface area contributed by atoms with Crippen LogP contribution in [0.1, 0.15) is 33.8 Å². The average Bonchev–Trinajstić information content (AvgIpc) is 3.41. The van der Waals surface area contributed by atoms with E-state index in [-0.39, 0.29) is 17.4 Å². The minimum absolute atomic E-state index is 0.141. The number of nitrogens with one attached hydrogen (secondary N) is 1. The van der Waals surface area contributed by atoms with Crippen LogP contribution in [0, 0.1) is 5.92 Å². The Morgan fingerprint density at radius 1 is 1.04 bits per heavy atom. The van der Waals surface area contributed by atoms with E-state index >= 15 is 0 Å². The van der Waals surface area contributed by atoms with Gasteiger partial charge in [0.25, 0.3) is 5.91 Å². The third kappa shape index (κ3) is 3.97. The van der Waals surface area contributed by atoms with Crippen molar-refractivity contribution in [2.45, 2.75) is 18.5 Å². The zero-order valence-corrected chi connectivity index (χ0v) is 14.9. The van der Waals surface area contributed by atoms with Gasteiger partial charge in [0.1, 0.15) is 0 Å². The molecular weight excluding hydrogens is 357 g/mol. The summed E-state index contributed by atoms with van der Waals surface area (Å²) in [6, 6.07) is 11.9. The minimum Gasteiger partial charge on any atom is -0.345 e. The number of carbonyl (C=O) groups is 2. The second-order valence-corrected chi connectivity index (χ2v) is 6.77. The summed E-state index contributed by atoms with van der Waals surface area (Å²) in [6.07, 6.45) is -4.10. The molecule has 0 saturated heterocycles. The molecule has 0 heterocycles. The highest BCUT2D eigenvalue weighted by atomic mass is 19.4. The summed E-state index contributed by atoms with van der Waals surface area (Å²) in [5, 5.41) is 2.70. The first-order valence-corrected chi connectivity index (χ1v) is 8.48. The van der Waals surface area contributed by atoms with Gasteiger partial charge in [0.15, 0.2) is 0 Å². The number of para-hydroxylation sites is 1. The van der Waals surface area contributed by atoms with Gasteiger partial charge in [-0.15, -0.1) is 0 Å². The first kappa shape index (κ1) is 18.9. The largest absolute Gasteiger partial charge is 0.416 e. The fourth-order valence-corrected chi connectivity index (χ4v) is 3.15. The van der Waals surface area contributed by atoms with Crippen molar-refractivity contribution in [3.05, 3.63) is 65.2 Å². The Hall–Kier alpha value is -2.83. The van der Waals surface area contributed by atoms with Crippen molar-refractivity contribution in [2.24, 2.45) is 5.92 Å². The Balaban J connectivity index is 1.77. The molecule has 2 aromatic carbocycles. The van der Waals surface area contributed by atoms with Gasteiger partial charge in [-0.2, -0.15) is 13.2 Å². The topological polar surface area (TPSA) is 49.4 Å². The highest BCUT2D eigenvalue weighted by Crippen LogP contribution is 2.51. The number of amides is 2. The van der Waals surface area contributed by atoms with E-state index in [1.165, 1.54) is 17.0 Å². The van der Waals surface area contributed by atoms with E-state index in [0.29, 0.717) is 17.7 Å². The SMILES string of the molecule is CN(C)C(=O)c1ccccc1NC(=O)C1CC1c1ccccc1C(F)(F)F. The number of benzene rings is 2. The number of hydrogen-bond donors (Lipinski definition) is 1. The quantitative estimate of drug-likeness (QED) is 0.872. The summed E-state index contributed by atoms with van der Waals surface area (Å²) < 4.78 is 39.6. The second kappa shape index (κ2) is 7.06. The van der Waals surface area contributed by atoms with Crippen LogP contribution >= 0.6 is 0 Å². The Kier molecular flexibility index (Phi) is 4.95. The van der Waals surface area contributed by atoms with Crippen LogP contribution < -0.4 is 5.32 Å². The summed E-state index contributed by atoms with van der Waals surface area (Å²) in [5.41, 5.74) is 0.135. The standard InChI is InChI=1S/C20H19F3N2O2/c1-25(2)19(27)13-8-4-6-10-17(13)24-18(26)15-11-14(15)12-7-3-5-9-16(12)20(21,22)23/h3-10,14-15H,11H2,1-2H3,(H,24,26). The van der Waals surface area contributed by atoms with Gasteiger partial charge in [-0.25, -0.2) is 0 Å². The van der Waals surface area contributed by atoms with Crippen LogP contribution in [0.15, 0.2) is 48.5 Å². The second-order valence-electron chi connectivity index (χ2n) is 6.77. The molecule has 1 saturated carbocycles. The van der Waals surface area contributed by atoms with Gasteiger partial charge >= 0.3 is 6.18 Å². The van der Waals surface area contributed by atoms with Gasteiger partial charge in [0, 0.05) is 20.0 Å². The van der Waals surface area contributed by atoms with Crippen LogP contribution in [0.25, 0.3) is 0 Å². The van der Waals surface area contributed by atoms with Crippen molar-refractivity contribution in [1.29, 1.82) is 0 Å². The van der Waals surface area contributed by atoms with Crippen molar-refractivity contribution in [3.8, 4) is 0 Å². The number of nitrogens with zero attached hydrogens (tertiary/aromatic N) is 1. The number of anilines is 1. The fourth-order valence-electron chi connectivity index (χ4n) is 3.15. The summed E-state index contributed by atoms with van der Waals surface area (Å²) in [4.78, 5) is 26.2. The monoisotopic (exact) mass is 376 g/mol. The predicted molar refractivity (Wildman–Crippen MR) is 95.4 cm³/mol. The van der Waals surface area contributed by atoms with Crippen molar-refractivity contribution >= 4 is 17.5 Å². The molecule has 4 nitrogen and oxygen atoms in total. The minimum atomic E-state index is -4.45. The van der Waals surface area contributed by atoms with Crippen LogP contribution in [-0.4, -0.2) is 30.8 Å². The Labute approximate surface area is 155 Å². The van der Waals surface area contributed by atoms with Gasteiger partial charge in [0.2, 0.25) is 5.91 Å². The molecule has 27 heavy (non-hydrogen) atoms. The van der Waals surface area contributed by atoms with Crippen molar-refractivity contribution in [3.63, 3.8) is 0 Å². The van der Waals surface area contributed by atoms with Crippen molar-refractivity contribution in [1.82, 2.24) is 4.90 Å². The normalized spacial score (nSPS) is 18.7. The smallest absolute Gasteiger partial charge is 0.345 e. The number of rotatable bonds is 4. The summed E-state index contributed by atoms with van der Waals surface area (Å²) in [7, 11) is 3.21. The molecule has 1 aliphatic rings. The lowest BCUT2D eigenvalue weighted by molar-refractivity contribution is -0.138. The van der Waals surface area contributed by atoms with Gasteiger partial charge < -0.3 is 10.2 Å². The van der Waals surface area contributed by atoms with Crippen molar-refractivity contribution < 1.29 is 22.8 Å². The van der Waals surface area contributed by atoms with Crippen LogP contribution in [0.4, 0.5) is 18.9 Å². The summed E-state index contributed by atoms with van der Waals surface area (Å²) in [6.45, 7) is 0. The number of carbonyl (C=O) groups excluding carboxylic acids is 2. The molecule has 2 atom stereocenters. The molecule has 7 heteroatoms. The number of hydrogen-bond acceptors (Lipinski definition) is 2. The molecule has 2 unspecified atom stereocenters. The Bertz CT molecular complexity index is 878. The van der Waals surface area contributed by atoms with Gasteiger partial charge in [0.05, 0.1) is 16.8 Å². The zero-order valence-electron chi connectivity index (χ0n) is 14.9. The molecule has 0 aromatic heterocycles. The molecule has 0 bridgehead atoms. The molecule has 1 aliphatic carbocycles. The third-order valence-electron chi connectivity index (χ3n) is 4.61. The molecule has 2 amide bonds. The molecule has 3 rings (SSSR count). The predicted octanol–water partition coefficient (Wildman–Crippen LogP) is 4.15. The zero-order chi connectivity index (χ0) is 19.8. The highest BCUT2D eigenvalue weighted by molar-refractivity contribution is 6.04. The van der Waals surface area contributed by atoms with E-state index < -0.39 is 23.6 Å². The first-order chi connectivity index (χ1) is 12.7. The fraction of sp³-hybridized carbons (Fsp3) is 0.300. The van der Waals surface area contributed by atoms with Crippen LogP contribution in [-0.2, 0) is 11.0 Å². The molecule has 0 radical (unpaired) electrons. The Morgan fingerprint density at radius 3 is 2.33 bits per heavy atom. The average molecular weight is 376 g/mol. The third-order valence-corrected chi connectivity index (χ3v) is 4.61. The van der Waals surface area contributed by atoms with E-state index in [9.17, 15) is 22.8 Å². The summed E-state index contributed by atoms with van der Waals surface area (Å²) in [5.74, 6) is -1.66. The molecule has 2 aromatic rings. The molecule has 0 aliphatic heterocycles. The van der Waals surface area contributed by atoms with E-state index in [0.717, 1.165) is 6.07 Å². The van der Waals surface area contributed by atoms with Crippen LogP contribution in [0.3, 0.4) is 0 Å². The van der Waals surface area contributed by atoms with Crippen LogP contribution in [0.5, 0.6) is 0 Å². The Morgan fingerprint density at radius 2 is 1.67 bits per heavy atom. The van der Waals surface area contributed by atoms with Gasteiger partial charge in [-0.05, 0) is 36.1 Å². The molecule has 1 fully saturated rings. The number of halogens is 3. The maximum absolute atomic E-state index is 13.2. The van der Waals surface area contributed by atoms with E-state index in [4.69, 9.17) is 0 Å². The lowest BCUT2D eigenvalue weighted by atomic mass is 10.0. The van der Waals surface area contributed by atoms with Crippen LogP contribution in [0.2, 0.25) is 0 Å². The highest BCUT2D eigenvalue weighted by Gasteiger charge is 2.47. The lowest BCUT2D eigenvalue weighted by Gasteiger charge is -2.15. The van der Waals surface area contributed by atoms with Gasteiger partial charge in [-0.1, -0.05) is 30.3 Å². The van der Waals surface area contributed by atoms with E-state index in [1.807, 2.05) is 0 Å². The maximum atomic E-state index is 13.2. The first-order valence-electron chi connectivity index (χ1n) is 8.48. The molecular formula is C20H19F3N2O2. The van der Waals surface area contributed by atoms with Gasteiger partial charge in [-0.3, -0.25) is 9.59 Å². The summed E-state index contributed by atoms with van der Waals surface area (Å²) >= 11 is 0. The van der Waals surface area contributed by atoms with E-state index in [1.54, 1.807) is 44.4 Å².